The SMILES string of the molecule is C.C.C.C.C#C[C@]12CCCC=C1[C@@]1(C)CCC3(OCCO3)C(C)(C)[C@@H]1CC2.CC1(C)C(=O)CC[C@]2(C)C3=CC(=O)CC[C@]3(C#Cc3ccccc3)CC[C@@H]12.CC1(C)C(=O)CC[C@]2(C)C3=CCCC[C@]3(C#Cc3ccccc3)CC[C@@H]12.CC1(C)[C@@H]2CC[C@@]3(C#Cc4ccccc4)CCCC=C3[C@@]2(C)CCC12OCCO2.I.Ic1ccccc1.[C-]#[N+]C1=C[C@]2(C)C3=CC(=O)C(C#N)=C[C@]3(C#Cc3ccccc3)CC[C@H]2C(C)(C)C1=O. The average Bonchev–Trinajstić information content (AvgIpc) is 1.18. The number of carbonyl (C=O) groups excluding carboxylic acids is 5. The molecule has 11 fully saturated rings. The van der Waals surface area contributed by atoms with Crippen molar-refractivity contribution in [2.45, 2.75) is 331 Å². The Kier molecular flexibility index (Phi) is 35.8. The normalized spacial score (nSPS) is 33.5. The maximum atomic E-state index is 12.9. The van der Waals surface area contributed by atoms with Crippen molar-refractivity contribution in [1.29, 1.82) is 5.26 Å². The average molecular weight is 2210 g/mol. The lowest BCUT2D eigenvalue weighted by atomic mass is 9.43. The summed E-state index contributed by atoms with van der Waals surface area (Å²) in [7, 11) is 0. The van der Waals surface area contributed by atoms with Crippen LogP contribution in [0.5, 0.6) is 0 Å². The summed E-state index contributed by atoms with van der Waals surface area (Å²) >= 11 is 2.28. The van der Waals surface area contributed by atoms with Crippen LogP contribution in [0.1, 0.15) is 342 Å². The predicted molar refractivity (Wildman–Crippen MR) is 620 cm³/mol. The van der Waals surface area contributed by atoms with E-state index in [2.05, 4.69) is 249 Å². The smallest absolute Gasteiger partial charge is 0.226 e. The summed E-state index contributed by atoms with van der Waals surface area (Å²) in [5.74, 6) is 33.1. The largest absolute Gasteiger partial charge is 0.347 e. The minimum Gasteiger partial charge on any atom is -0.347 e. The Morgan fingerprint density at radius 1 is 0.378 bits per heavy atom. The number of rotatable bonds is 0. The summed E-state index contributed by atoms with van der Waals surface area (Å²) in [5.41, 5.74) is 8.68. The molecule has 5 aromatic carbocycles. The van der Waals surface area contributed by atoms with Gasteiger partial charge in [-0.25, -0.2) is 4.85 Å². The minimum absolute atomic E-state index is 0. The van der Waals surface area contributed by atoms with Gasteiger partial charge in [0.1, 0.15) is 17.6 Å². The van der Waals surface area contributed by atoms with Gasteiger partial charge in [0, 0.05) is 90.4 Å². The summed E-state index contributed by atoms with van der Waals surface area (Å²) in [4.78, 5) is 66.8. The van der Waals surface area contributed by atoms with Gasteiger partial charge in [-0.15, -0.1) is 30.4 Å². The first kappa shape index (κ1) is 117. The van der Waals surface area contributed by atoms with E-state index < -0.39 is 16.2 Å². The lowest BCUT2D eigenvalue weighted by Crippen LogP contribution is -2.61. The highest BCUT2D eigenvalue weighted by Crippen LogP contribution is 2.74. The molecule has 2 aliphatic heterocycles. The van der Waals surface area contributed by atoms with Gasteiger partial charge >= 0.3 is 0 Å². The Labute approximate surface area is 921 Å². The molecular formula is C135H166I2N2O9. The lowest BCUT2D eigenvalue weighted by molar-refractivity contribution is -0.284. The summed E-state index contributed by atoms with van der Waals surface area (Å²) in [6, 6.07) is 52.8. The van der Waals surface area contributed by atoms with Crippen molar-refractivity contribution in [2.24, 2.45) is 111 Å². The van der Waals surface area contributed by atoms with E-state index in [4.69, 9.17) is 31.9 Å². The first-order chi connectivity index (χ1) is 68.1. The van der Waals surface area contributed by atoms with Crippen molar-refractivity contribution >= 4 is 75.5 Å². The fraction of sp³-hybridized carbons (Fsp3) is 0.548. The Bertz CT molecular complexity index is 6420. The van der Waals surface area contributed by atoms with Crippen LogP contribution in [0.2, 0.25) is 0 Å². The van der Waals surface area contributed by atoms with Crippen LogP contribution in [0.15, 0.2) is 233 Å². The molecule has 13 heteroatoms. The minimum atomic E-state index is -0.791. The molecule has 2 saturated heterocycles. The van der Waals surface area contributed by atoms with Crippen LogP contribution in [-0.2, 0) is 42.9 Å². The fourth-order valence-electron chi connectivity index (χ4n) is 32.0. The van der Waals surface area contributed by atoms with Crippen molar-refractivity contribution in [1.82, 2.24) is 0 Å². The Hall–Kier alpha value is -9.29. The van der Waals surface area contributed by atoms with Crippen LogP contribution in [-0.4, -0.2) is 66.9 Å². The van der Waals surface area contributed by atoms with E-state index in [9.17, 15) is 29.2 Å². The third-order valence-corrected chi connectivity index (χ3v) is 40.2. The molecule has 0 N–H and O–H groups in total. The Morgan fingerprint density at radius 3 is 1.11 bits per heavy atom. The predicted octanol–water partition coefficient (Wildman–Crippen LogP) is 32.1. The number of Topliss-reactive ketones (excluding diaryl/α,β-unsaturated/α-hetero) is 3. The number of hydrogen-bond acceptors (Lipinski definition) is 10. The Balaban J connectivity index is 0.000000160. The molecule has 11 nitrogen and oxygen atoms in total. The van der Waals surface area contributed by atoms with E-state index in [1.54, 1.807) is 28.9 Å². The zero-order valence-electron chi connectivity index (χ0n) is 88.1. The molecule has 9 saturated carbocycles. The van der Waals surface area contributed by atoms with Crippen molar-refractivity contribution < 1.29 is 42.9 Å². The number of halogens is 2. The van der Waals surface area contributed by atoms with Crippen molar-refractivity contribution in [3.63, 3.8) is 0 Å². The molecule has 0 aromatic heterocycles. The van der Waals surface area contributed by atoms with Crippen LogP contribution < -0.4 is 0 Å². The number of fused-ring (bicyclic) bond motifs is 15. The topological polar surface area (TPSA) is 150 Å². The van der Waals surface area contributed by atoms with Gasteiger partial charge in [0.2, 0.25) is 5.70 Å². The number of ether oxygens (including phenoxy) is 4. The van der Waals surface area contributed by atoms with Gasteiger partial charge in [0.25, 0.3) is 0 Å². The molecule has 5 aromatic rings. The van der Waals surface area contributed by atoms with E-state index in [-0.39, 0.29) is 171 Å². The summed E-state index contributed by atoms with van der Waals surface area (Å²) in [5, 5.41) is 9.53. The van der Waals surface area contributed by atoms with Crippen molar-refractivity contribution in [2.75, 3.05) is 26.4 Å². The van der Waals surface area contributed by atoms with Crippen molar-refractivity contribution in [3.8, 4) is 65.8 Å². The van der Waals surface area contributed by atoms with Crippen LogP contribution in [0.25, 0.3) is 4.85 Å². The Morgan fingerprint density at radius 2 is 0.730 bits per heavy atom. The van der Waals surface area contributed by atoms with E-state index in [0.717, 1.165) is 138 Å². The van der Waals surface area contributed by atoms with Gasteiger partial charge < -0.3 is 23.7 Å². The third kappa shape index (κ3) is 20.8. The summed E-state index contributed by atoms with van der Waals surface area (Å²) in [6.07, 6.45) is 50.4. The number of allylic oxidation sites excluding steroid dienone is 14. The molecule has 0 bridgehead atoms. The maximum absolute atomic E-state index is 12.9. The van der Waals surface area contributed by atoms with Gasteiger partial charge in [0.15, 0.2) is 28.9 Å². The lowest BCUT2D eigenvalue weighted by Gasteiger charge is -2.64. The second kappa shape index (κ2) is 45.2. The van der Waals surface area contributed by atoms with Gasteiger partial charge in [0.05, 0.1) is 65.6 Å². The zero-order chi connectivity index (χ0) is 102. The van der Waals surface area contributed by atoms with Gasteiger partial charge in [-0.1, -0.05) is 302 Å². The molecule has 17 aliphatic rings. The molecule has 148 heavy (non-hydrogen) atoms. The number of nitriles is 1. The number of hydrogen-bond donors (Lipinski definition) is 0. The number of carbonyl (C=O) groups is 5. The first-order valence-corrected chi connectivity index (χ1v) is 54.7. The summed E-state index contributed by atoms with van der Waals surface area (Å²) in [6.45, 7) is 44.1. The molecule has 2 heterocycles. The summed E-state index contributed by atoms with van der Waals surface area (Å²) < 4.78 is 26.3. The number of terminal acetylenes is 1. The second-order valence-electron chi connectivity index (χ2n) is 48.6. The van der Waals surface area contributed by atoms with Gasteiger partial charge in [-0.3, -0.25) is 19.2 Å². The van der Waals surface area contributed by atoms with Crippen LogP contribution >= 0.6 is 46.6 Å². The quantitative estimate of drug-likeness (QED) is 0.0634. The third-order valence-electron chi connectivity index (χ3n) is 39.5. The van der Waals surface area contributed by atoms with E-state index >= 15 is 0 Å². The van der Waals surface area contributed by atoms with Gasteiger partial charge in [-0.05, 0) is 335 Å². The highest BCUT2D eigenvalue weighted by atomic mass is 127. The maximum Gasteiger partial charge on any atom is 0.226 e. The number of benzene rings is 5. The van der Waals surface area contributed by atoms with E-state index in [1.165, 1.54) is 92.3 Å². The zero-order valence-corrected chi connectivity index (χ0v) is 92.6. The van der Waals surface area contributed by atoms with E-state index in [1.807, 2.05) is 118 Å². The molecule has 2 spiro atoms. The van der Waals surface area contributed by atoms with Crippen LogP contribution in [0.3, 0.4) is 0 Å². The molecule has 0 unspecified atom stereocenters. The molecule has 15 aliphatic carbocycles. The molecule has 15 atom stereocenters. The highest BCUT2D eigenvalue weighted by Gasteiger charge is 2.70. The van der Waals surface area contributed by atoms with Crippen LogP contribution in [0, 0.1) is 192 Å². The van der Waals surface area contributed by atoms with Crippen LogP contribution in [0.4, 0.5) is 0 Å². The number of nitrogens with zero attached hydrogens (tertiary/aromatic N) is 2. The molecular weight excluding hydrogens is 2050 g/mol. The molecule has 0 amide bonds. The van der Waals surface area contributed by atoms with Crippen molar-refractivity contribution in [3.05, 3.63) is 271 Å². The molecule has 784 valence electrons. The number of ketones is 5. The second-order valence-corrected chi connectivity index (χ2v) is 49.8. The first-order valence-electron chi connectivity index (χ1n) is 53.6. The monoisotopic (exact) mass is 2210 g/mol. The highest BCUT2D eigenvalue weighted by molar-refractivity contribution is 14.1. The molecule has 0 radical (unpaired) electrons. The van der Waals surface area contributed by atoms with E-state index in [0.29, 0.717) is 55.0 Å². The van der Waals surface area contributed by atoms with Gasteiger partial charge in [-0.2, -0.15) is 5.26 Å². The fourth-order valence-corrected chi connectivity index (χ4v) is 32.4. The molecule has 22 rings (SSSR count). The standard InChI is InChI=1S/C27H22N2O2.C27H34O2.C25H28O2.C25H30O.C21H30O2.C6H5I.4CH4.HI/c1-25(2)22-11-13-27(12-10-18-8-6-5-7-9-18)15-19(17-28)21(30)14-23(27)26(22,3)16-20(29-4)24(25)31;1-24(2)22-13-16-26(15-12-21-9-5-4-6-10-21)14-8-7-11-23(26)25(22,3)17-18-27(24)28-19-20-29-27;1-23(2)20-11-16-25(14-9-18-7-5-4-6-8-18)15-10-19(26)17-21(25)24(20,3)13-12-22(23)27;1-23(2)20-13-18-25(17-12-19-9-5-4-6-10-19)15-8-7-11-21(25)24(20,3)16-14-22(23)26;1-5-20-10-7-6-8-17(20)19(4)12-13-21(22-14-15-23-21)18(2,3)16(19)9-11-20;7-6-4-2-1-3-5-6;;;;;/h5-9,14-16,22H,11,13H2,1-3H3;4-6,9-11,22H,7-8,13-14,16-20H2,1-3H3;4-8,17,20H,10-13,15-16H2,1-3H3;4-6,9-11,20H,7-8,13-16,18H2,1-3H3;1,8,16H,6-7,9-15H2,2-4H3;1-5H;4*1H4;1H/t22-,26-,27-;22-,25-,26-;20-,24-,25+;20-,24-,25-;16-,19-,20+;;;;;;/m00000....../s1.